The molecule has 0 bridgehead atoms. The van der Waals surface area contributed by atoms with Gasteiger partial charge in [-0.3, -0.25) is 0 Å². The fourth-order valence-electron chi connectivity index (χ4n) is 1.40. The molecule has 0 heterocycles. The number of ether oxygens (including phenoxy) is 1. The Balaban J connectivity index is 3.96. The average molecular weight is 271 g/mol. The summed E-state index contributed by atoms with van der Waals surface area (Å²) in [5, 5.41) is 19.5. The molecular formula is C12H21N3O4. The Morgan fingerprint density at radius 2 is 2.16 bits per heavy atom. The van der Waals surface area contributed by atoms with E-state index < -0.39 is 5.97 Å². The first-order valence-electron chi connectivity index (χ1n) is 6.16. The van der Waals surface area contributed by atoms with Crippen LogP contribution in [0.4, 0.5) is 4.79 Å². The SMILES string of the molecule is CC(C)CN(CCC#N)C(=O)NCCOCC(=O)O. The summed E-state index contributed by atoms with van der Waals surface area (Å²) < 4.78 is 4.80. The molecule has 7 heteroatoms. The summed E-state index contributed by atoms with van der Waals surface area (Å²) in [6.45, 7) is 4.95. The Bertz CT molecular complexity index is 325. The molecule has 7 nitrogen and oxygen atoms in total. The van der Waals surface area contributed by atoms with Gasteiger partial charge in [0.05, 0.1) is 19.1 Å². The van der Waals surface area contributed by atoms with E-state index in [0.717, 1.165) is 0 Å². The van der Waals surface area contributed by atoms with Gasteiger partial charge in [-0.1, -0.05) is 13.8 Å². The number of nitrogens with one attached hydrogen (secondary N) is 1. The highest BCUT2D eigenvalue weighted by Crippen LogP contribution is 2.00. The van der Waals surface area contributed by atoms with Crippen molar-refractivity contribution in [1.29, 1.82) is 5.26 Å². The minimum absolute atomic E-state index is 0.145. The van der Waals surface area contributed by atoms with Gasteiger partial charge in [-0.2, -0.15) is 5.26 Å². The summed E-state index contributed by atoms with van der Waals surface area (Å²) in [5.74, 6) is -0.727. The van der Waals surface area contributed by atoms with Crippen LogP contribution >= 0.6 is 0 Å². The molecule has 0 radical (unpaired) electrons. The van der Waals surface area contributed by atoms with Crippen molar-refractivity contribution in [3.8, 4) is 6.07 Å². The molecule has 0 aromatic heterocycles. The topological polar surface area (TPSA) is 103 Å². The van der Waals surface area contributed by atoms with Crippen molar-refractivity contribution in [2.45, 2.75) is 20.3 Å². The van der Waals surface area contributed by atoms with Crippen molar-refractivity contribution >= 4 is 12.0 Å². The molecule has 0 fully saturated rings. The smallest absolute Gasteiger partial charge is 0.329 e. The zero-order chi connectivity index (χ0) is 14.7. The van der Waals surface area contributed by atoms with Gasteiger partial charge in [-0.05, 0) is 5.92 Å². The molecule has 0 saturated heterocycles. The van der Waals surface area contributed by atoms with Gasteiger partial charge in [0.25, 0.3) is 0 Å². The largest absolute Gasteiger partial charge is 0.480 e. The van der Waals surface area contributed by atoms with Gasteiger partial charge in [-0.25, -0.2) is 9.59 Å². The zero-order valence-corrected chi connectivity index (χ0v) is 11.4. The standard InChI is InChI=1S/C12H21N3O4/c1-10(2)8-15(6-3-4-13)12(18)14-5-7-19-9-11(16)17/h10H,3,5-9H2,1-2H3,(H,14,18)(H,16,17). The lowest BCUT2D eigenvalue weighted by molar-refractivity contribution is -0.142. The van der Waals surface area contributed by atoms with Crippen molar-refractivity contribution in [3.05, 3.63) is 0 Å². The first-order valence-corrected chi connectivity index (χ1v) is 6.16. The van der Waals surface area contributed by atoms with E-state index in [9.17, 15) is 9.59 Å². The fraction of sp³-hybridized carbons (Fsp3) is 0.750. The molecule has 0 rings (SSSR count). The van der Waals surface area contributed by atoms with Crippen LogP contribution in [0, 0.1) is 17.2 Å². The summed E-state index contributed by atoms with van der Waals surface area (Å²) in [4.78, 5) is 23.6. The lowest BCUT2D eigenvalue weighted by atomic mass is 10.2. The molecule has 19 heavy (non-hydrogen) atoms. The van der Waals surface area contributed by atoms with E-state index in [-0.39, 0.29) is 32.2 Å². The van der Waals surface area contributed by atoms with Crippen LogP contribution in [0.1, 0.15) is 20.3 Å². The predicted molar refractivity (Wildman–Crippen MR) is 68.5 cm³/mol. The number of carboxylic acids is 1. The molecule has 0 aliphatic rings. The Hall–Kier alpha value is -1.81. The summed E-state index contributed by atoms with van der Waals surface area (Å²) in [6.07, 6.45) is 0.287. The van der Waals surface area contributed by atoms with Gasteiger partial charge in [0, 0.05) is 19.6 Å². The lowest BCUT2D eigenvalue weighted by Crippen LogP contribution is -2.43. The van der Waals surface area contributed by atoms with Crippen molar-refractivity contribution in [2.75, 3.05) is 32.8 Å². The minimum atomic E-state index is -1.04. The molecule has 108 valence electrons. The van der Waals surface area contributed by atoms with E-state index in [0.29, 0.717) is 19.0 Å². The third-order valence-corrected chi connectivity index (χ3v) is 2.11. The monoisotopic (exact) mass is 271 g/mol. The van der Waals surface area contributed by atoms with Crippen LogP contribution in [0.25, 0.3) is 0 Å². The van der Waals surface area contributed by atoms with Gasteiger partial charge < -0.3 is 20.1 Å². The molecule has 2 amide bonds. The highest BCUT2D eigenvalue weighted by atomic mass is 16.5. The van der Waals surface area contributed by atoms with Crippen LogP contribution in [0.2, 0.25) is 0 Å². The maximum atomic E-state index is 11.8. The van der Waals surface area contributed by atoms with Crippen LogP contribution < -0.4 is 5.32 Å². The minimum Gasteiger partial charge on any atom is -0.480 e. The van der Waals surface area contributed by atoms with Crippen molar-refractivity contribution in [2.24, 2.45) is 5.92 Å². The number of urea groups is 1. The van der Waals surface area contributed by atoms with Gasteiger partial charge in [0.1, 0.15) is 6.61 Å². The molecule has 0 aromatic rings. The van der Waals surface area contributed by atoms with Crippen molar-refractivity contribution in [1.82, 2.24) is 10.2 Å². The maximum Gasteiger partial charge on any atom is 0.329 e. The number of carbonyl (C=O) groups excluding carboxylic acids is 1. The highest BCUT2D eigenvalue weighted by Gasteiger charge is 2.13. The number of carboxylic acid groups (broad SMARTS) is 1. The van der Waals surface area contributed by atoms with E-state index in [2.05, 4.69) is 5.32 Å². The number of amides is 2. The Morgan fingerprint density at radius 1 is 1.47 bits per heavy atom. The molecule has 0 aromatic carbocycles. The number of nitrogens with zero attached hydrogens (tertiary/aromatic N) is 2. The molecule has 0 aliphatic carbocycles. The van der Waals surface area contributed by atoms with Gasteiger partial charge in [0.15, 0.2) is 0 Å². The summed E-state index contributed by atoms with van der Waals surface area (Å²) in [5.41, 5.74) is 0. The third-order valence-electron chi connectivity index (χ3n) is 2.11. The van der Waals surface area contributed by atoms with E-state index in [1.165, 1.54) is 0 Å². The molecule has 0 spiro atoms. The first kappa shape index (κ1) is 17.2. The van der Waals surface area contributed by atoms with Crippen LogP contribution in [0.15, 0.2) is 0 Å². The average Bonchev–Trinajstić information content (AvgIpc) is 2.32. The van der Waals surface area contributed by atoms with E-state index in [1.807, 2.05) is 19.9 Å². The Labute approximate surface area is 113 Å². The molecule has 0 saturated carbocycles. The van der Waals surface area contributed by atoms with Crippen LogP contribution in [0.3, 0.4) is 0 Å². The summed E-state index contributed by atoms with van der Waals surface area (Å²) in [6, 6.07) is 1.74. The molecule has 0 aliphatic heterocycles. The second kappa shape index (κ2) is 10.1. The Morgan fingerprint density at radius 3 is 2.68 bits per heavy atom. The number of hydrogen-bond acceptors (Lipinski definition) is 4. The first-order chi connectivity index (χ1) is 8.97. The van der Waals surface area contributed by atoms with Crippen LogP contribution in [-0.2, 0) is 9.53 Å². The molecule has 0 atom stereocenters. The van der Waals surface area contributed by atoms with Crippen LogP contribution in [0.5, 0.6) is 0 Å². The second-order valence-corrected chi connectivity index (χ2v) is 4.43. The van der Waals surface area contributed by atoms with Crippen molar-refractivity contribution < 1.29 is 19.4 Å². The second-order valence-electron chi connectivity index (χ2n) is 4.43. The predicted octanol–water partition coefficient (Wildman–Crippen LogP) is 0.669. The normalized spacial score (nSPS) is 10.0. The molecule has 0 unspecified atom stereocenters. The van der Waals surface area contributed by atoms with Gasteiger partial charge in [0.2, 0.25) is 0 Å². The van der Waals surface area contributed by atoms with E-state index >= 15 is 0 Å². The Kier molecular flexibility index (Phi) is 9.18. The van der Waals surface area contributed by atoms with Crippen LogP contribution in [-0.4, -0.2) is 54.9 Å². The van der Waals surface area contributed by atoms with Crippen molar-refractivity contribution in [3.63, 3.8) is 0 Å². The summed E-state index contributed by atoms with van der Waals surface area (Å²) in [7, 11) is 0. The molecule has 2 N–H and O–H groups in total. The van der Waals surface area contributed by atoms with E-state index in [1.54, 1.807) is 4.90 Å². The molecular weight excluding hydrogens is 250 g/mol. The lowest BCUT2D eigenvalue weighted by Gasteiger charge is -2.23. The highest BCUT2D eigenvalue weighted by molar-refractivity contribution is 5.74. The summed E-state index contributed by atoms with van der Waals surface area (Å²) >= 11 is 0. The van der Waals surface area contributed by atoms with E-state index in [4.69, 9.17) is 15.1 Å². The van der Waals surface area contributed by atoms with Gasteiger partial charge in [-0.15, -0.1) is 0 Å². The van der Waals surface area contributed by atoms with Gasteiger partial charge >= 0.3 is 12.0 Å². The fourth-order valence-corrected chi connectivity index (χ4v) is 1.40. The number of carbonyl (C=O) groups is 2. The zero-order valence-electron chi connectivity index (χ0n) is 11.4. The maximum absolute atomic E-state index is 11.8. The third kappa shape index (κ3) is 9.85. The quantitative estimate of drug-likeness (QED) is 0.600. The number of aliphatic carboxylic acids is 1. The number of nitriles is 1. The number of rotatable bonds is 9. The number of hydrogen-bond donors (Lipinski definition) is 2.